The van der Waals surface area contributed by atoms with E-state index < -0.39 is 6.10 Å². The molecule has 0 bridgehead atoms. The van der Waals surface area contributed by atoms with E-state index in [4.69, 9.17) is 16.3 Å². The van der Waals surface area contributed by atoms with E-state index in [0.29, 0.717) is 24.7 Å². The van der Waals surface area contributed by atoms with Gasteiger partial charge in [-0.1, -0.05) is 71.8 Å². The molecule has 0 aliphatic carbocycles. The first-order chi connectivity index (χ1) is 13.1. The molecule has 3 aromatic rings. The molecule has 0 fully saturated rings. The molecule has 4 heteroatoms. The molecule has 0 saturated carbocycles. The summed E-state index contributed by atoms with van der Waals surface area (Å²) in [5, 5.41) is 14.2. The Hall–Kier alpha value is -2.33. The fourth-order valence-corrected chi connectivity index (χ4v) is 3.00. The second-order valence-corrected chi connectivity index (χ2v) is 7.02. The van der Waals surface area contributed by atoms with Gasteiger partial charge < -0.3 is 15.2 Å². The van der Waals surface area contributed by atoms with E-state index in [9.17, 15) is 5.11 Å². The zero-order chi connectivity index (χ0) is 19.1. The first kappa shape index (κ1) is 19.4. The number of hydrogen-bond donors (Lipinski definition) is 2. The number of hydrogen-bond acceptors (Lipinski definition) is 3. The quantitative estimate of drug-likeness (QED) is 0.573. The Morgan fingerprint density at radius 2 is 1.74 bits per heavy atom. The summed E-state index contributed by atoms with van der Waals surface area (Å²) < 4.78 is 6.00. The molecular weight excluding hydrogens is 358 g/mol. The first-order valence-corrected chi connectivity index (χ1v) is 9.40. The summed E-state index contributed by atoms with van der Waals surface area (Å²) in [6.07, 6.45) is -0.553. The smallest absolute Gasteiger partial charge is 0.124 e. The van der Waals surface area contributed by atoms with Crippen LogP contribution in [0.1, 0.15) is 28.4 Å². The van der Waals surface area contributed by atoms with Gasteiger partial charge in [0.25, 0.3) is 0 Å². The van der Waals surface area contributed by atoms with Crippen LogP contribution < -0.4 is 10.1 Å². The number of rotatable bonds is 8. The molecule has 0 amide bonds. The molecule has 27 heavy (non-hydrogen) atoms. The van der Waals surface area contributed by atoms with E-state index in [2.05, 4.69) is 36.5 Å². The molecular formula is C23H24ClNO2. The number of aliphatic hydroxyl groups excluding tert-OH is 1. The normalized spacial score (nSPS) is 12.0. The van der Waals surface area contributed by atoms with Gasteiger partial charge in [0.05, 0.1) is 6.10 Å². The van der Waals surface area contributed by atoms with Gasteiger partial charge in [-0.3, -0.25) is 0 Å². The minimum absolute atomic E-state index is 0.452. The third-order valence-corrected chi connectivity index (χ3v) is 4.61. The molecule has 3 aromatic carbocycles. The molecule has 0 heterocycles. The number of halogens is 1. The van der Waals surface area contributed by atoms with E-state index in [0.717, 1.165) is 22.4 Å². The van der Waals surface area contributed by atoms with E-state index in [1.165, 1.54) is 5.56 Å². The van der Waals surface area contributed by atoms with Crippen LogP contribution in [0.3, 0.4) is 0 Å². The lowest BCUT2D eigenvalue weighted by atomic mass is 10.1. The van der Waals surface area contributed by atoms with Crippen LogP contribution >= 0.6 is 11.6 Å². The molecule has 0 spiro atoms. The fraction of sp³-hybridized carbons (Fsp3) is 0.217. The van der Waals surface area contributed by atoms with Crippen molar-refractivity contribution in [3.63, 3.8) is 0 Å². The monoisotopic (exact) mass is 381 g/mol. The minimum Gasteiger partial charge on any atom is -0.489 e. The van der Waals surface area contributed by atoms with Gasteiger partial charge in [0.15, 0.2) is 0 Å². The summed E-state index contributed by atoms with van der Waals surface area (Å²) in [7, 11) is 0. The highest BCUT2D eigenvalue weighted by Crippen LogP contribution is 2.24. The predicted octanol–water partition coefficient (Wildman–Crippen LogP) is 5.05. The number of aliphatic hydroxyl groups is 1. The van der Waals surface area contributed by atoms with Gasteiger partial charge in [0.1, 0.15) is 12.4 Å². The Morgan fingerprint density at radius 1 is 1.00 bits per heavy atom. The van der Waals surface area contributed by atoms with Crippen molar-refractivity contribution in [1.29, 1.82) is 0 Å². The molecule has 0 aliphatic heterocycles. The predicted molar refractivity (Wildman–Crippen MR) is 110 cm³/mol. The van der Waals surface area contributed by atoms with Crippen molar-refractivity contribution in [2.24, 2.45) is 0 Å². The van der Waals surface area contributed by atoms with E-state index >= 15 is 0 Å². The van der Waals surface area contributed by atoms with Crippen LogP contribution in [0.15, 0.2) is 72.8 Å². The van der Waals surface area contributed by atoms with Gasteiger partial charge in [0.2, 0.25) is 0 Å². The number of ether oxygens (including phenoxy) is 1. The van der Waals surface area contributed by atoms with Crippen LogP contribution in [-0.2, 0) is 13.2 Å². The van der Waals surface area contributed by atoms with Crippen LogP contribution in [-0.4, -0.2) is 11.7 Å². The Labute approximate surface area is 165 Å². The zero-order valence-electron chi connectivity index (χ0n) is 15.4. The zero-order valence-corrected chi connectivity index (χ0v) is 16.1. The summed E-state index contributed by atoms with van der Waals surface area (Å²) in [5.41, 5.74) is 4.21. The molecule has 3 rings (SSSR count). The molecule has 0 unspecified atom stereocenters. The van der Waals surface area contributed by atoms with Gasteiger partial charge in [-0.25, -0.2) is 0 Å². The summed E-state index contributed by atoms with van der Waals surface area (Å²) in [6.45, 7) is 3.58. The van der Waals surface area contributed by atoms with Gasteiger partial charge in [0, 0.05) is 23.7 Å². The van der Waals surface area contributed by atoms with Crippen molar-refractivity contribution < 1.29 is 9.84 Å². The van der Waals surface area contributed by atoms with Crippen molar-refractivity contribution in [3.05, 3.63) is 100 Å². The summed E-state index contributed by atoms with van der Waals surface area (Å²) in [5.74, 6) is 0.793. The first-order valence-electron chi connectivity index (χ1n) is 9.02. The van der Waals surface area contributed by atoms with Gasteiger partial charge in [-0.2, -0.15) is 0 Å². The standard InChI is InChI=1S/C23H24ClNO2/c1-17-7-9-18(10-8-17)16-27-23-12-11-21(24)13-20(23)14-25-15-22(26)19-5-3-2-4-6-19/h2-13,22,25-26H,14-16H2,1H3/t22-/m0/s1. The van der Waals surface area contributed by atoms with Crippen molar-refractivity contribution >= 4 is 11.6 Å². The van der Waals surface area contributed by atoms with Gasteiger partial charge in [-0.05, 0) is 36.2 Å². The van der Waals surface area contributed by atoms with Crippen molar-refractivity contribution in [2.45, 2.75) is 26.2 Å². The summed E-state index contributed by atoms with van der Waals surface area (Å²) in [6, 6.07) is 23.5. The summed E-state index contributed by atoms with van der Waals surface area (Å²) in [4.78, 5) is 0. The molecule has 3 nitrogen and oxygen atoms in total. The lowest BCUT2D eigenvalue weighted by Crippen LogP contribution is -2.21. The highest BCUT2D eigenvalue weighted by molar-refractivity contribution is 6.30. The maximum atomic E-state index is 10.3. The Morgan fingerprint density at radius 3 is 2.48 bits per heavy atom. The topological polar surface area (TPSA) is 41.5 Å². The maximum absolute atomic E-state index is 10.3. The van der Waals surface area contributed by atoms with Crippen molar-refractivity contribution in [3.8, 4) is 5.75 Å². The van der Waals surface area contributed by atoms with Crippen LogP contribution in [0.2, 0.25) is 5.02 Å². The minimum atomic E-state index is -0.553. The SMILES string of the molecule is Cc1ccc(COc2ccc(Cl)cc2CNC[C@H](O)c2ccccc2)cc1. The average Bonchev–Trinajstić information content (AvgIpc) is 2.69. The molecule has 1 atom stereocenters. The van der Waals surface area contributed by atoms with Crippen LogP contribution in [0.4, 0.5) is 0 Å². The molecule has 140 valence electrons. The van der Waals surface area contributed by atoms with Crippen molar-refractivity contribution in [2.75, 3.05) is 6.54 Å². The fourth-order valence-electron chi connectivity index (χ4n) is 2.81. The Kier molecular flexibility index (Phi) is 6.88. The number of benzene rings is 3. The Bertz CT molecular complexity index is 850. The number of aryl methyl sites for hydroxylation is 1. The van der Waals surface area contributed by atoms with E-state index in [1.807, 2.05) is 48.5 Å². The lowest BCUT2D eigenvalue weighted by molar-refractivity contribution is 0.174. The van der Waals surface area contributed by atoms with Crippen LogP contribution in [0.25, 0.3) is 0 Å². The molecule has 2 N–H and O–H groups in total. The van der Waals surface area contributed by atoms with E-state index in [1.54, 1.807) is 0 Å². The molecule has 0 saturated heterocycles. The van der Waals surface area contributed by atoms with Crippen LogP contribution in [0.5, 0.6) is 5.75 Å². The largest absolute Gasteiger partial charge is 0.489 e. The van der Waals surface area contributed by atoms with Crippen LogP contribution in [0, 0.1) is 6.92 Å². The highest BCUT2D eigenvalue weighted by Gasteiger charge is 2.09. The molecule has 0 radical (unpaired) electrons. The summed E-state index contributed by atoms with van der Waals surface area (Å²) >= 11 is 6.16. The lowest BCUT2D eigenvalue weighted by Gasteiger charge is -2.15. The second-order valence-electron chi connectivity index (χ2n) is 6.58. The maximum Gasteiger partial charge on any atom is 0.124 e. The van der Waals surface area contributed by atoms with Gasteiger partial charge >= 0.3 is 0 Å². The number of nitrogens with one attached hydrogen (secondary N) is 1. The van der Waals surface area contributed by atoms with E-state index in [-0.39, 0.29) is 0 Å². The van der Waals surface area contributed by atoms with Crippen molar-refractivity contribution in [1.82, 2.24) is 5.32 Å². The second kappa shape index (κ2) is 9.56. The van der Waals surface area contributed by atoms with Gasteiger partial charge in [-0.15, -0.1) is 0 Å². The Balaban J connectivity index is 1.59. The average molecular weight is 382 g/mol. The molecule has 0 aliphatic rings. The third-order valence-electron chi connectivity index (χ3n) is 4.37. The third kappa shape index (κ3) is 5.83. The molecule has 0 aromatic heterocycles. The highest BCUT2D eigenvalue weighted by atomic mass is 35.5.